The molecular weight excluding hydrogens is 334 g/mol. The number of likely N-dealkylation sites (tertiary alicyclic amines) is 1. The van der Waals surface area contributed by atoms with E-state index >= 15 is 0 Å². The van der Waals surface area contributed by atoms with Crippen LogP contribution in [0.2, 0.25) is 0 Å². The molecule has 8 nitrogen and oxygen atoms in total. The number of ether oxygens (including phenoxy) is 2. The van der Waals surface area contributed by atoms with E-state index in [0.717, 1.165) is 11.5 Å². The maximum atomic E-state index is 12.5. The summed E-state index contributed by atoms with van der Waals surface area (Å²) in [5, 5.41) is 11.3. The maximum Gasteiger partial charge on any atom is 0.321 e. The Balaban J connectivity index is 1.42. The van der Waals surface area contributed by atoms with Gasteiger partial charge in [-0.1, -0.05) is 6.07 Å². The summed E-state index contributed by atoms with van der Waals surface area (Å²) >= 11 is 0. The average Bonchev–Trinajstić information content (AvgIpc) is 3.05. The zero-order valence-corrected chi connectivity index (χ0v) is 14.5. The van der Waals surface area contributed by atoms with Gasteiger partial charge < -0.3 is 19.7 Å². The van der Waals surface area contributed by atoms with E-state index in [4.69, 9.17) is 9.47 Å². The summed E-state index contributed by atoms with van der Waals surface area (Å²) in [5.74, 6) is 2.28. The number of carbonyl (C=O) groups is 1. The summed E-state index contributed by atoms with van der Waals surface area (Å²) in [7, 11) is 3.14. The number of hydrogen-bond acceptors (Lipinski definition) is 5. The van der Waals surface area contributed by atoms with E-state index in [2.05, 4.69) is 15.5 Å². The van der Waals surface area contributed by atoms with Gasteiger partial charge in [0.2, 0.25) is 0 Å². The lowest BCUT2D eigenvalue weighted by Gasteiger charge is -2.38. The molecule has 0 radical (unpaired) electrons. The van der Waals surface area contributed by atoms with Crippen LogP contribution in [0.3, 0.4) is 0 Å². The summed E-state index contributed by atoms with van der Waals surface area (Å²) in [6.07, 6.45) is 1.94. The third-order valence-corrected chi connectivity index (χ3v) is 4.52. The number of nitrogens with one attached hydrogen (secondary N) is 1. The van der Waals surface area contributed by atoms with Crippen LogP contribution in [0.4, 0.5) is 10.5 Å². The van der Waals surface area contributed by atoms with Crippen molar-refractivity contribution >= 4 is 17.4 Å². The van der Waals surface area contributed by atoms with Crippen molar-refractivity contribution in [2.45, 2.75) is 5.92 Å². The number of hydrogen-bond donors (Lipinski definition) is 1. The summed E-state index contributed by atoms with van der Waals surface area (Å²) in [5.41, 5.74) is 1.42. The van der Waals surface area contributed by atoms with E-state index in [1.807, 2.05) is 28.8 Å². The quantitative estimate of drug-likeness (QED) is 0.779. The van der Waals surface area contributed by atoms with E-state index in [1.165, 1.54) is 0 Å². The lowest BCUT2D eigenvalue weighted by Crippen LogP contribution is -2.50. The first-order chi connectivity index (χ1) is 12.7. The molecule has 1 N–H and O–H groups in total. The van der Waals surface area contributed by atoms with Crippen LogP contribution in [-0.2, 0) is 0 Å². The molecule has 0 saturated carbocycles. The highest BCUT2D eigenvalue weighted by Gasteiger charge is 2.35. The summed E-state index contributed by atoms with van der Waals surface area (Å²) in [6.45, 7) is 1.19. The van der Waals surface area contributed by atoms with E-state index in [1.54, 1.807) is 37.3 Å². The molecule has 3 heterocycles. The number of pyridine rings is 1. The number of benzene rings is 1. The molecule has 4 rings (SSSR count). The Labute approximate surface area is 150 Å². The second kappa shape index (κ2) is 6.55. The van der Waals surface area contributed by atoms with Gasteiger partial charge in [-0.3, -0.25) is 4.40 Å². The molecule has 1 fully saturated rings. The number of fused-ring (bicyclic) bond motifs is 1. The normalized spacial score (nSPS) is 14.2. The highest BCUT2D eigenvalue weighted by atomic mass is 16.5. The Bertz CT molecular complexity index is 949. The van der Waals surface area contributed by atoms with Crippen LogP contribution >= 0.6 is 0 Å². The fourth-order valence-electron chi connectivity index (χ4n) is 3.04. The molecule has 3 aromatic rings. The minimum atomic E-state index is -0.168. The largest absolute Gasteiger partial charge is 0.497 e. The van der Waals surface area contributed by atoms with Crippen molar-refractivity contribution in [3.63, 3.8) is 0 Å². The minimum absolute atomic E-state index is 0.168. The van der Waals surface area contributed by atoms with Crippen LogP contribution in [0.1, 0.15) is 11.7 Å². The first kappa shape index (κ1) is 16.2. The molecule has 1 aliphatic heterocycles. The van der Waals surface area contributed by atoms with Crippen LogP contribution in [0, 0.1) is 0 Å². The third-order valence-electron chi connectivity index (χ3n) is 4.52. The Morgan fingerprint density at radius 3 is 2.77 bits per heavy atom. The Hall–Kier alpha value is -3.29. The first-order valence-corrected chi connectivity index (χ1v) is 8.27. The van der Waals surface area contributed by atoms with Crippen molar-refractivity contribution in [3.05, 3.63) is 48.4 Å². The first-order valence-electron chi connectivity index (χ1n) is 8.27. The number of amides is 2. The highest BCUT2D eigenvalue weighted by Crippen LogP contribution is 2.31. The zero-order valence-electron chi connectivity index (χ0n) is 14.5. The minimum Gasteiger partial charge on any atom is -0.497 e. The van der Waals surface area contributed by atoms with Crippen LogP contribution in [-0.4, -0.2) is 52.8 Å². The molecule has 0 aliphatic carbocycles. The lowest BCUT2D eigenvalue weighted by molar-refractivity contribution is 0.160. The van der Waals surface area contributed by atoms with E-state index in [0.29, 0.717) is 30.3 Å². The number of carbonyl (C=O) groups excluding carboxylic acids is 1. The van der Waals surface area contributed by atoms with E-state index in [-0.39, 0.29) is 11.9 Å². The zero-order chi connectivity index (χ0) is 18.1. The number of nitrogens with zero attached hydrogens (tertiary/aromatic N) is 4. The topological polar surface area (TPSA) is 81.0 Å². The molecule has 1 saturated heterocycles. The molecule has 2 aromatic heterocycles. The standard InChI is InChI=1S/C18H19N5O3/c1-25-13-6-7-14(15(9-13)26-2)19-18(24)22-10-12(11-22)17-21-20-16-5-3-4-8-23(16)17/h3-9,12H,10-11H2,1-2H3,(H,19,24). The number of urea groups is 1. The fraction of sp³-hybridized carbons (Fsp3) is 0.278. The van der Waals surface area contributed by atoms with Gasteiger partial charge in [0, 0.05) is 25.4 Å². The lowest BCUT2D eigenvalue weighted by atomic mass is 10.00. The van der Waals surface area contributed by atoms with Crippen LogP contribution in [0.25, 0.3) is 5.65 Å². The molecule has 0 atom stereocenters. The van der Waals surface area contributed by atoms with Gasteiger partial charge in [-0.2, -0.15) is 0 Å². The van der Waals surface area contributed by atoms with Crippen molar-refractivity contribution in [3.8, 4) is 11.5 Å². The predicted molar refractivity (Wildman–Crippen MR) is 95.9 cm³/mol. The van der Waals surface area contributed by atoms with Crippen LogP contribution < -0.4 is 14.8 Å². The smallest absolute Gasteiger partial charge is 0.321 e. The van der Waals surface area contributed by atoms with Crippen LogP contribution in [0.5, 0.6) is 11.5 Å². The summed E-state index contributed by atoms with van der Waals surface area (Å²) in [4.78, 5) is 14.2. The SMILES string of the molecule is COc1ccc(NC(=O)N2CC(c3nnc4ccccn34)C2)c(OC)c1. The Morgan fingerprint density at radius 1 is 1.15 bits per heavy atom. The van der Waals surface area contributed by atoms with Gasteiger partial charge in [0.25, 0.3) is 0 Å². The maximum absolute atomic E-state index is 12.5. The van der Waals surface area contributed by atoms with E-state index in [9.17, 15) is 4.79 Å². The van der Waals surface area contributed by atoms with Crippen molar-refractivity contribution in [1.82, 2.24) is 19.5 Å². The van der Waals surface area contributed by atoms with Gasteiger partial charge in [0.15, 0.2) is 5.65 Å². The van der Waals surface area contributed by atoms with Crippen LogP contribution in [0.15, 0.2) is 42.6 Å². The monoisotopic (exact) mass is 353 g/mol. The molecule has 2 amide bonds. The third kappa shape index (κ3) is 2.79. The van der Waals surface area contributed by atoms with Gasteiger partial charge in [0.05, 0.1) is 25.8 Å². The van der Waals surface area contributed by atoms with Crippen molar-refractivity contribution in [1.29, 1.82) is 0 Å². The molecule has 0 bridgehead atoms. The Morgan fingerprint density at radius 2 is 2.00 bits per heavy atom. The van der Waals surface area contributed by atoms with Gasteiger partial charge >= 0.3 is 6.03 Å². The molecule has 1 aromatic carbocycles. The predicted octanol–water partition coefficient (Wildman–Crippen LogP) is 2.38. The summed E-state index contributed by atoms with van der Waals surface area (Å²) in [6, 6.07) is 10.9. The van der Waals surface area contributed by atoms with Crippen molar-refractivity contribution < 1.29 is 14.3 Å². The van der Waals surface area contributed by atoms with Gasteiger partial charge in [-0.15, -0.1) is 10.2 Å². The molecule has 0 unspecified atom stereocenters. The number of anilines is 1. The molecule has 134 valence electrons. The molecule has 8 heteroatoms. The number of aromatic nitrogens is 3. The van der Waals surface area contributed by atoms with E-state index < -0.39 is 0 Å². The second-order valence-electron chi connectivity index (χ2n) is 6.09. The molecule has 0 spiro atoms. The Kier molecular flexibility index (Phi) is 4.08. The number of methoxy groups -OCH3 is 2. The average molecular weight is 353 g/mol. The van der Waals surface area contributed by atoms with Gasteiger partial charge in [-0.25, -0.2) is 4.79 Å². The fourth-order valence-corrected chi connectivity index (χ4v) is 3.04. The summed E-state index contributed by atoms with van der Waals surface area (Å²) < 4.78 is 12.4. The molecule has 1 aliphatic rings. The van der Waals surface area contributed by atoms with Crippen molar-refractivity contribution in [2.24, 2.45) is 0 Å². The molecule has 26 heavy (non-hydrogen) atoms. The van der Waals surface area contributed by atoms with Crippen molar-refractivity contribution in [2.75, 3.05) is 32.6 Å². The number of rotatable bonds is 4. The molecular formula is C18H19N5O3. The second-order valence-corrected chi connectivity index (χ2v) is 6.09. The highest BCUT2D eigenvalue weighted by molar-refractivity contribution is 5.91. The van der Waals surface area contributed by atoms with Gasteiger partial charge in [-0.05, 0) is 24.3 Å². The van der Waals surface area contributed by atoms with Gasteiger partial charge in [0.1, 0.15) is 17.3 Å².